The number of ketones is 1. The average molecular weight is 488 g/mol. The lowest BCUT2D eigenvalue weighted by Gasteiger charge is -2.33. The molecule has 1 aliphatic rings. The van der Waals surface area contributed by atoms with Gasteiger partial charge in [-0.3, -0.25) is 9.69 Å². The normalized spacial score (nSPS) is 14.5. The molecular formula is C30H37N3O3. The standard InChI is InChI=1S/C30H37N3O3/c1-23-20-27(26-12-15-32(16-13-26)22-30(3,4)24(2)34)10-11-28(23)33-17-14-29(31-33)36-19-18-35-21-25-8-6-5-7-9-25/h5-12,14,17,20H,13,15-16,18-19,21-22H2,1-4H3. The fourth-order valence-corrected chi connectivity index (χ4v) is 4.39. The summed E-state index contributed by atoms with van der Waals surface area (Å²) in [5, 5.41) is 4.59. The molecule has 0 amide bonds. The summed E-state index contributed by atoms with van der Waals surface area (Å²) in [7, 11) is 0. The molecule has 190 valence electrons. The number of nitrogens with zero attached hydrogens (tertiary/aromatic N) is 3. The first kappa shape index (κ1) is 25.9. The van der Waals surface area contributed by atoms with Crippen molar-refractivity contribution < 1.29 is 14.3 Å². The van der Waals surface area contributed by atoms with Gasteiger partial charge in [-0.05, 0) is 54.7 Å². The van der Waals surface area contributed by atoms with E-state index in [1.54, 1.807) is 6.92 Å². The maximum absolute atomic E-state index is 11.9. The molecule has 0 N–H and O–H groups in total. The van der Waals surface area contributed by atoms with Gasteiger partial charge in [-0.2, -0.15) is 0 Å². The molecule has 4 rings (SSSR count). The third-order valence-electron chi connectivity index (χ3n) is 6.83. The van der Waals surface area contributed by atoms with Crippen molar-refractivity contribution in [2.24, 2.45) is 5.41 Å². The lowest BCUT2D eigenvalue weighted by Crippen LogP contribution is -2.40. The Bertz CT molecular complexity index is 1200. The largest absolute Gasteiger partial charge is 0.474 e. The number of aromatic nitrogens is 2. The summed E-state index contributed by atoms with van der Waals surface area (Å²) < 4.78 is 13.3. The van der Waals surface area contributed by atoms with E-state index >= 15 is 0 Å². The summed E-state index contributed by atoms with van der Waals surface area (Å²) in [4.78, 5) is 14.2. The number of benzene rings is 2. The average Bonchev–Trinajstić information content (AvgIpc) is 3.33. The van der Waals surface area contributed by atoms with Crippen LogP contribution in [0.5, 0.6) is 5.88 Å². The molecule has 0 spiro atoms. The molecule has 0 atom stereocenters. The van der Waals surface area contributed by atoms with Crippen LogP contribution in [0.4, 0.5) is 0 Å². The summed E-state index contributed by atoms with van der Waals surface area (Å²) in [6, 6.07) is 18.5. The minimum Gasteiger partial charge on any atom is -0.474 e. The third kappa shape index (κ3) is 6.71. The highest BCUT2D eigenvalue weighted by atomic mass is 16.5. The number of hydrogen-bond acceptors (Lipinski definition) is 5. The number of ether oxygens (including phenoxy) is 2. The van der Waals surface area contributed by atoms with Crippen LogP contribution in [0.1, 0.15) is 43.9 Å². The molecule has 0 radical (unpaired) electrons. The first-order chi connectivity index (χ1) is 17.3. The Morgan fingerprint density at radius 3 is 2.58 bits per heavy atom. The van der Waals surface area contributed by atoms with Gasteiger partial charge in [0.1, 0.15) is 12.4 Å². The minimum atomic E-state index is -0.300. The van der Waals surface area contributed by atoms with Crippen molar-refractivity contribution >= 4 is 11.4 Å². The summed E-state index contributed by atoms with van der Waals surface area (Å²) in [5.74, 6) is 0.831. The molecular weight excluding hydrogens is 450 g/mol. The smallest absolute Gasteiger partial charge is 0.233 e. The quantitative estimate of drug-likeness (QED) is 0.335. The number of carbonyl (C=O) groups is 1. The van der Waals surface area contributed by atoms with Gasteiger partial charge in [0.05, 0.1) is 18.9 Å². The zero-order valence-electron chi connectivity index (χ0n) is 21.9. The second-order valence-electron chi connectivity index (χ2n) is 10.1. The molecule has 1 aliphatic heterocycles. The molecule has 0 saturated heterocycles. The van der Waals surface area contributed by atoms with E-state index < -0.39 is 0 Å². The topological polar surface area (TPSA) is 56.6 Å². The van der Waals surface area contributed by atoms with Crippen LogP contribution >= 0.6 is 0 Å². The van der Waals surface area contributed by atoms with Gasteiger partial charge in [0.15, 0.2) is 0 Å². The predicted octanol–water partition coefficient (Wildman–Crippen LogP) is 5.48. The van der Waals surface area contributed by atoms with Gasteiger partial charge in [0, 0.05) is 37.3 Å². The molecule has 0 bridgehead atoms. The Labute approximate surface area is 214 Å². The lowest BCUT2D eigenvalue weighted by molar-refractivity contribution is -0.125. The monoisotopic (exact) mass is 487 g/mol. The van der Waals surface area contributed by atoms with Gasteiger partial charge in [-0.1, -0.05) is 56.3 Å². The van der Waals surface area contributed by atoms with E-state index in [0.717, 1.165) is 42.9 Å². The van der Waals surface area contributed by atoms with Gasteiger partial charge in [0.25, 0.3) is 0 Å². The second-order valence-corrected chi connectivity index (χ2v) is 10.1. The van der Waals surface area contributed by atoms with E-state index in [-0.39, 0.29) is 11.2 Å². The fraction of sp³-hybridized carbons (Fsp3) is 0.400. The molecule has 0 saturated carbocycles. The number of rotatable bonds is 11. The van der Waals surface area contributed by atoms with Crippen molar-refractivity contribution in [1.82, 2.24) is 14.7 Å². The van der Waals surface area contributed by atoms with Crippen LogP contribution in [0, 0.1) is 12.3 Å². The van der Waals surface area contributed by atoms with Crippen LogP contribution in [-0.2, 0) is 16.1 Å². The molecule has 1 aromatic heterocycles. The van der Waals surface area contributed by atoms with E-state index in [9.17, 15) is 4.79 Å². The predicted molar refractivity (Wildman–Crippen MR) is 143 cm³/mol. The molecule has 3 aromatic rings. The summed E-state index contributed by atoms with van der Waals surface area (Å²) in [5.41, 5.74) is 5.66. The van der Waals surface area contributed by atoms with Crippen molar-refractivity contribution in [2.75, 3.05) is 32.8 Å². The zero-order chi connectivity index (χ0) is 25.5. The van der Waals surface area contributed by atoms with E-state index in [2.05, 4.69) is 41.2 Å². The van der Waals surface area contributed by atoms with Crippen LogP contribution < -0.4 is 4.74 Å². The van der Waals surface area contributed by atoms with Gasteiger partial charge in [0.2, 0.25) is 5.88 Å². The van der Waals surface area contributed by atoms with Crippen LogP contribution in [0.2, 0.25) is 0 Å². The summed E-state index contributed by atoms with van der Waals surface area (Å²) >= 11 is 0. The maximum Gasteiger partial charge on any atom is 0.233 e. The Morgan fingerprint density at radius 2 is 1.89 bits per heavy atom. The molecule has 36 heavy (non-hydrogen) atoms. The highest BCUT2D eigenvalue weighted by molar-refractivity contribution is 5.81. The van der Waals surface area contributed by atoms with Crippen molar-refractivity contribution in [1.29, 1.82) is 0 Å². The van der Waals surface area contributed by atoms with Crippen LogP contribution in [0.3, 0.4) is 0 Å². The zero-order valence-corrected chi connectivity index (χ0v) is 21.9. The van der Waals surface area contributed by atoms with Crippen LogP contribution in [-0.4, -0.2) is 53.3 Å². The van der Waals surface area contributed by atoms with Crippen LogP contribution in [0.15, 0.2) is 66.9 Å². The van der Waals surface area contributed by atoms with Crippen molar-refractivity contribution in [3.63, 3.8) is 0 Å². The molecule has 6 nitrogen and oxygen atoms in total. The number of aryl methyl sites for hydroxylation is 1. The van der Waals surface area contributed by atoms with E-state index in [1.165, 1.54) is 11.1 Å². The second kappa shape index (κ2) is 11.7. The van der Waals surface area contributed by atoms with Gasteiger partial charge in [-0.25, -0.2) is 4.68 Å². The van der Waals surface area contributed by atoms with Crippen molar-refractivity contribution in [3.05, 3.63) is 83.6 Å². The highest BCUT2D eigenvalue weighted by Crippen LogP contribution is 2.28. The SMILES string of the molecule is CC(=O)C(C)(C)CN1CC=C(c2ccc(-n3ccc(OCCOCc4ccccc4)n3)c(C)c2)CC1. The van der Waals surface area contributed by atoms with Crippen molar-refractivity contribution in [3.8, 4) is 11.6 Å². The van der Waals surface area contributed by atoms with Gasteiger partial charge >= 0.3 is 0 Å². The van der Waals surface area contributed by atoms with Gasteiger partial charge in [-0.15, -0.1) is 5.10 Å². The first-order valence-electron chi connectivity index (χ1n) is 12.7. The summed E-state index contributed by atoms with van der Waals surface area (Å²) in [6.07, 6.45) is 5.21. The number of hydrogen-bond donors (Lipinski definition) is 0. The molecule has 0 unspecified atom stereocenters. The lowest BCUT2D eigenvalue weighted by atomic mass is 9.87. The molecule has 2 aromatic carbocycles. The first-order valence-corrected chi connectivity index (χ1v) is 12.7. The minimum absolute atomic E-state index is 0.243. The molecule has 2 heterocycles. The van der Waals surface area contributed by atoms with E-state index in [1.807, 2.05) is 61.1 Å². The Kier molecular flexibility index (Phi) is 8.39. The van der Waals surface area contributed by atoms with Gasteiger partial charge < -0.3 is 9.47 Å². The van der Waals surface area contributed by atoms with E-state index in [0.29, 0.717) is 25.7 Å². The summed E-state index contributed by atoms with van der Waals surface area (Å²) in [6.45, 7) is 12.0. The van der Waals surface area contributed by atoms with Crippen LogP contribution in [0.25, 0.3) is 11.3 Å². The molecule has 6 heteroatoms. The third-order valence-corrected chi connectivity index (χ3v) is 6.83. The Morgan fingerprint density at radius 1 is 1.08 bits per heavy atom. The maximum atomic E-state index is 11.9. The van der Waals surface area contributed by atoms with Crippen molar-refractivity contribution in [2.45, 2.75) is 40.7 Å². The van der Waals surface area contributed by atoms with E-state index in [4.69, 9.17) is 9.47 Å². The Hall–Kier alpha value is -3.22. The highest BCUT2D eigenvalue weighted by Gasteiger charge is 2.27. The molecule has 0 aliphatic carbocycles. The number of Topliss-reactive ketones (excluding diaryl/α,β-unsaturated/α-hetero) is 1. The number of carbonyl (C=O) groups excluding carboxylic acids is 1. The molecule has 0 fully saturated rings. The Balaban J connectivity index is 1.29. The fourth-order valence-electron chi connectivity index (χ4n) is 4.39.